The summed E-state index contributed by atoms with van der Waals surface area (Å²) in [5, 5.41) is 9.77. The van der Waals surface area contributed by atoms with E-state index < -0.39 is 17.7 Å². The van der Waals surface area contributed by atoms with Crippen LogP contribution in [-0.2, 0) is 6.42 Å². The second-order valence-electron chi connectivity index (χ2n) is 3.35. The van der Waals surface area contributed by atoms with Crippen molar-refractivity contribution in [1.29, 1.82) is 0 Å². The predicted molar refractivity (Wildman–Crippen MR) is 57.1 cm³/mol. The fraction of sp³-hybridized carbons (Fsp3) is 0.182. The molecule has 0 spiro atoms. The molecular weight excluding hydrogens is 232 g/mol. The number of benzene rings is 1. The lowest BCUT2D eigenvalue weighted by molar-refractivity contribution is 0.174. The van der Waals surface area contributed by atoms with Crippen molar-refractivity contribution in [2.75, 3.05) is 0 Å². The molecule has 0 fully saturated rings. The number of halogens is 2. The van der Waals surface area contributed by atoms with Crippen molar-refractivity contribution in [1.82, 2.24) is 4.98 Å². The van der Waals surface area contributed by atoms with Gasteiger partial charge in [0.2, 0.25) is 0 Å². The van der Waals surface area contributed by atoms with Gasteiger partial charge in [0.25, 0.3) is 0 Å². The summed E-state index contributed by atoms with van der Waals surface area (Å²) >= 11 is 1.37. The number of aliphatic hydroxyl groups excluding tert-OH is 1. The Balaban J connectivity index is 2.20. The van der Waals surface area contributed by atoms with Crippen molar-refractivity contribution in [3.8, 4) is 0 Å². The molecular formula is C11H9F2NOS. The Labute approximate surface area is 95.2 Å². The molecule has 0 aliphatic rings. The largest absolute Gasteiger partial charge is 0.388 e. The van der Waals surface area contributed by atoms with Crippen molar-refractivity contribution in [2.45, 2.75) is 12.5 Å². The molecule has 0 amide bonds. The summed E-state index contributed by atoms with van der Waals surface area (Å²) in [4.78, 5) is 4.68. The average molecular weight is 241 g/mol. The molecule has 1 aromatic heterocycles. The molecule has 2 nitrogen and oxygen atoms in total. The van der Waals surface area contributed by atoms with E-state index in [1.54, 1.807) is 11.7 Å². The first-order chi connectivity index (χ1) is 7.66. The highest BCUT2D eigenvalue weighted by Gasteiger charge is 2.15. The first-order valence-electron chi connectivity index (χ1n) is 4.67. The lowest BCUT2D eigenvalue weighted by Crippen LogP contribution is -2.04. The van der Waals surface area contributed by atoms with E-state index in [1.807, 2.05) is 0 Å². The summed E-state index contributed by atoms with van der Waals surface area (Å²) in [6, 6.07) is 3.06. The number of hydrogen-bond acceptors (Lipinski definition) is 3. The van der Waals surface area contributed by atoms with E-state index in [1.165, 1.54) is 11.3 Å². The SMILES string of the molecule is OC(Cc1cncs1)c1cc(F)ccc1F. The van der Waals surface area contributed by atoms with Crippen LogP contribution < -0.4 is 0 Å². The fourth-order valence-corrected chi connectivity index (χ4v) is 2.05. The lowest BCUT2D eigenvalue weighted by atomic mass is 10.1. The summed E-state index contributed by atoms with van der Waals surface area (Å²) in [7, 11) is 0. The van der Waals surface area contributed by atoms with Gasteiger partial charge in [-0.3, -0.25) is 4.98 Å². The van der Waals surface area contributed by atoms with E-state index in [9.17, 15) is 13.9 Å². The Hall–Kier alpha value is -1.33. The average Bonchev–Trinajstić information content (AvgIpc) is 2.74. The standard InChI is InChI=1S/C11H9F2NOS/c12-7-1-2-10(13)9(3-7)11(15)4-8-5-14-6-16-8/h1-3,5-6,11,15H,4H2. The van der Waals surface area contributed by atoms with Crippen LogP contribution in [0.3, 0.4) is 0 Å². The van der Waals surface area contributed by atoms with Crippen molar-refractivity contribution >= 4 is 11.3 Å². The smallest absolute Gasteiger partial charge is 0.129 e. The van der Waals surface area contributed by atoms with Crippen molar-refractivity contribution in [2.24, 2.45) is 0 Å². The van der Waals surface area contributed by atoms with Crippen LogP contribution in [-0.4, -0.2) is 10.1 Å². The second kappa shape index (κ2) is 4.67. The Morgan fingerprint density at radius 1 is 1.38 bits per heavy atom. The third kappa shape index (κ3) is 2.43. The summed E-state index contributed by atoms with van der Waals surface area (Å²) in [5.41, 5.74) is 1.61. The quantitative estimate of drug-likeness (QED) is 0.896. The second-order valence-corrected chi connectivity index (χ2v) is 4.32. The molecule has 0 aliphatic carbocycles. The molecule has 1 atom stereocenters. The van der Waals surface area contributed by atoms with Gasteiger partial charge < -0.3 is 5.11 Å². The number of thiazole rings is 1. The Morgan fingerprint density at radius 2 is 2.19 bits per heavy atom. The molecule has 1 unspecified atom stereocenters. The van der Waals surface area contributed by atoms with Crippen LogP contribution in [0.1, 0.15) is 16.5 Å². The Bertz CT molecular complexity index is 473. The maximum Gasteiger partial charge on any atom is 0.129 e. The van der Waals surface area contributed by atoms with Crippen molar-refractivity contribution in [3.63, 3.8) is 0 Å². The zero-order valence-corrected chi connectivity index (χ0v) is 9.05. The molecule has 0 saturated heterocycles. The van der Waals surface area contributed by atoms with Crippen LogP contribution in [0, 0.1) is 11.6 Å². The summed E-state index contributed by atoms with van der Waals surface area (Å²) in [5.74, 6) is -1.15. The molecule has 16 heavy (non-hydrogen) atoms. The number of hydrogen-bond donors (Lipinski definition) is 1. The number of aromatic nitrogens is 1. The minimum Gasteiger partial charge on any atom is -0.388 e. The van der Waals surface area contributed by atoms with Crippen LogP contribution >= 0.6 is 11.3 Å². The van der Waals surface area contributed by atoms with E-state index >= 15 is 0 Å². The van der Waals surface area contributed by atoms with Gasteiger partial charge in [-0.25, -0.2) is 8.78 Å². The van der Waals surface area contributed by atoms with E-state index in [0.717, 1.165) is 23.1 Å². The van der Waals surface area contributed by atoms with E-state index in [4.69, 9.17) is 0 Å². The van der Waals surface area contributed by atoms with E-state index in [2.05, 4.69) is 4.98 Å². The molecule has 2 aromatic rings. The molecule has 5 heteroatoms. The summed E-state index contributed by atoms with van der Waals surface area (Å²) < 4.78 is 26.2. The number of aliphatic hydroxyl groups is 1. The topological polar surface area (TPSA) is 33.1 Å². The minimum atomic E-state index is -1.05. The highest BCUT2D eigenvalue weighted by Crippen LogP contribution is 2.23. The Morgan fingerprint density at radius 3 is 2.88 bits per heavy atom. The zero-order chi connectivity index (χ0) is 11.5. The molecule has 2 rings (SSSR count). The van der Waals surface area contributed by atoms with Gasteiger partial charge in [-0.15, -0.1) is 11.3 Å². The highest BCUT2D eigenvalue weighted by atomic mass is 32.1. The zero-order valence-electron chi connectivity index (χ0n) is 8.23. The van der Waals surface area contributed by atoms with Gasteiger partial charge in [0.05, 0.1) is 11.6 Å². The van der Waals surface area contributed by atoms with Gasteiger partial charge in [-0.2, -0.15) is 0 Å². The molecule has 1 aromatic carbocycles. The minimum absolute atomic E-state index is 0.0200. The summed E-state index contributed by atoms with van der Waals surface area (Å²) in [6.45, 7) is 0. The third-order valence-corrected chi connectivity index (χ3v) is 3.00. The van der Waals surface area contributed by atoms with E-state index in [0.29, 0.717) is 0 Å². The summed E-state index contributed by atoms with van der Waals surface area (Å²) in [6.07, 6.45) is 0.798. The molecule has 1 heterocycles. The third-order valence-electron chi connectivity index (χ3n) is 2.20. The highest BCUT2D eigenvalue weighted by molar-refractivity contribution is 7.09. The molecule has 0 saturated carbocycles. The van der Waals surface area contributed by atoms with Gasteiger partial charge in [-0.1, -0.05) is 0 Å². The van der Waals surface area contributed by atoms with Crippen LogP contribution in [0.4, 0.5) is 8.78 Å². The van der Waals surface area contributed by atoms with Gasteiger partial charge >= 0.3 is 0 Å². The van der Waals surface area contributed by atoms with Crippen LogP contribution in [0.25, 0.3) is 0 Å². The Kier molecular flexibility index (Phi) is 3.26. The monoisotopic (exact) mass is 241 g/mol. The first kappa shape index (κ1) is 11.2. The van der Waals surface area contributed by atoms with Gasteiger partial charge in [0.1, 0.15) is 11.6 Å². The maximum absolute atomic E-state index is 13.3. The van der Waals surface area contributed by atoms with Gasteiger partial charge in [-0.05, 0) is 18.2 Å². The lowest BCUT2D eigenvalue weighted by Gasteiger charge is -2.10. The maximum atomic E-state index is 13.3. The van der Waals surface area contributed by atoms with Crippen LogP contribution in [0.2, 0.25) is 0 Å². The molecule has 1 N–H and O–H groups in total. The van der Waals surface area contributed by atoms with Crippen LogP contribution in [0.15, 0.2) is 29.9 Å². The van der Waals surface area contributed by atoms with Crippen molar-refractivity contribution < 1.29 is 13.9 Å². The number of rotatable bonds is 3. The molecule has 0 bridgehead atoms. The number of nitrogens with zero attached hydrogens (tertiary/aromatic N) is 1. The fourth-order valence-electron chi connectivity index (χ4n) is 1.41. The molecule has 84 valence electrons. The molecule has 0 radical (unpaired) electrons. The predicted octanol–water partition coefficient (Wildman–Crippen LogP) is 2.70. The van der Waals surface area contributed by atoms with Gasteiger partial charge in [0, 0.05) is 23.1 Å². The van der Waals surface area contributed by atoms with Crippen molar-refractivity contribution in [3.05, 3.63) is 52.0 Å². The molecule has 0 aliphatic heterocycles. The first-order valence-corrected chi connectivity index (χ1v) is 5.55. The normalized spacial score (nSPS) is 12.7. The van der Waals surface area contributed by atoms with Crippen LogP contribution in [0.5, 0.6) is 0 Å². The van der Waals surface area contributed by atoms with E-state index in [-0.39, 0.29) is 12.0 Å². The van der Waals surface area contributed by atoms with Gasteiger partial charge in [0.15, 0.2) is 0 Å².